The van der Waals surface area contributed by atoms with Gasteiger partial charge in [0.2, 0.25) is 0 Å². The molecule has 3 rings (SSSR count). The van der Waals surface area contributed by atoms with Crippen molar-refractivity contribution in [2.75, 3.05) is 26.7 Å². The van der Waals surface area contributed by atoms with Gasteiger partial charge < -0.3 is 10.1 Å². The zero-order valence-electron chi connectivity index (χ0n) is 8.31. The van der Waals surface area contributed by atoms with E-state index >= 15 is 0 Å². The molecule has 0 unspecified atom stereocenters. The van der Waals surface area contributed by atoms with E-state index in [0.29, 0.717) is 0 Å². The van der Waals surface area contributed by atoms with E-state index in [2.05, 4.69) is 17.3 Å². The second-order valence-corrected chi connectivity index (χ2v) is 4.84. The molecular weight excluding hydrogens is 164 g/mol. The van der Waals surface area contributed by atoms with E-state index in [9.17, 15) is 0 Å². The van der Waals surface area contributed by atoms with Crippen LogP contribution in [0, 0.1) is 0 Å². The standard InChI is InChI=1S/C10H18N2O/c1-12-8-9(4-6-11-7-5-9)13-10(12)2-3-10/h11H,2-8H2,1H3. The third-order valence-corrected chi connectivity index (χ3v) is 3.82. The average Bonchev–Trinajstić information content (AvgIpc) is 2.81. The summed E-state index contributed by atoms with van der Waals surface area (Å²) in [7, 11) is 2.21. The van der Waals surface area contributed by atoms with Crippen molar-refractivity contribution in [3.05, 3.63) is 0 Å². The van der Waals surface area contributed by atoms with E-state index in [0.717, 1.165) is 19.6 Å². The van der Waals surface area contributed by atoms with Crippen LogP contribution in [-0.4, -0.2) is 42.9 Å². The highest BCUT2D eigenvalue weighted by molar-refractivity contribution is 5.06. The van der Waals surface area contributed by atoms with Crippen molar-refractivity contribution >= 4 is 0 Å². The minimum atomic E-state index is 0.178. The summed E-state index contributed by atoms with van der Waals surface area (Å²) in [6.45, 7) is 3.41. The van der Waals surface area contributed by atoms with Crippen LogP contribution in [0.4, 0.5) is 0 Å². The summed E-state index contributed by atoms with van der Waals surface area (Å²) >= 11 is 0. The van der Waals surface area contributed by atoms with Crippen LogP contribution in [0.2, 0.25) is 0 Å². The first-order valence-electron chi connectivity index (χ1n) is 5.37. The summed E-state index contributed by atoms with van der Waals surface area (Å²) in [5.74, 6) is 0. The summed E-state index contributed by atoms with van der Waals surface area (Å²) in [6, 6.07) is 0. The van der Waals surface area contributed by atoms with Crippen LogP contribution in [0.15, 0.2) is 0 Å². The molecule has 3 aliphatic rings. The molecule has 13 heavy (non-hydrogen) atoms. The van der Waals surface area contributed by atoms with Gasteiger partial charge >= 0.3 is 0 Å². The summed E-state index contributed by atoms with van der Waals surface area (Å²) in [4.78, 5) is 2.43. The minimum Gasteiger partial charge on any atom is -0.353 e. The molecule has 0 aromatic heterocycles. The normalized spacial score (nSPS) is 35.8. The number of ether oxygens (including phenoxy) is 1. The molecule has 74 valence electrons. The fourth-order valence-corrected chi connectivity index (χ4v) is 2.82. The van der Waals surface area contributed by atoms with Gasteiger partial charge in [0.25, 0.3) is 0 Å². The molecule has 0 aromatic rings. The Morgan fingerprint density at radius 1 is 1.15 bits per heavy atom. The largest absolute Gasteiger partial charge is 0.353 e. The summed E-state index contributed by atoms with van der Waals surface area (Å²) in [5, 5.41) is 3.40. The lowest BCUT2D eigenvalue weighted by molar-refractivity contribution is -0.0845. The van der Waals surface area contributed by atoms with Crippen molar-refractivity contribution < 1.29 is 4.74 Å². The molecule has 3 nitrogen and oxygen atoms in total. The van der Waals surface area contributed by atoms with Crippen LogP contribution in [0.1, 0.15) is 25.7 Å². The maximum absolute atomic E-state index is 6.29. The number of hydrogen-bond acceptors (Lipinski definition) is 3. The highest BCUT2D eigenvalue weighted by Crippen LogP contribution is 2.52. The van der Waals surface area contributed by atoms with Crippen LogP contribution in [0.3, 0.4) is 0 Å². The molecule has 1 aliphatic carbocycles. The molecule has 2 heterocycles. The quantitative estimate of drug-likeness (QED) is 0.592. The fraction of sp³-hybridized carbons (Fsp3) is 1.00. The Morgan fingerprint density at radius 2 is 1.85 bits per heavy atom. The molecule has 1 N–H and O–H groups in total. The summed E-state index contributed by atoms with van der Waals surface area (Å²) in [5.41, 5.74) is 0.383. The predicted octanol–water partition coefficient (Wildman–Crippen LogP) is 0.561. The second kappa shape index (κ2) is 2.47. The first kappa shape index (κ1) is 8.21. The van der Waals surface area contributed by atoms with Gasteiger partial charge in [-0.3, -0.25) is 4.90 Å². The Balaban J connectivity index is 1.78. The van der Waals surface area contributed by atoms with Crippen molar-refractivity contribution in [1.29, 1.82) is 0 Å². The number of hydrogen-bond donors (Lipinski definition) is 1. The van der Waals surface area contributed by atoms with Gasteiger partial charge in [-0.1, -0.05) is 0 Å². The Morgan fingerprint density at radius 3 is 2.38 bits per heavy atom. The molecule has 0 atom stereocenters. The second-order valence-electron chi connectivity index (χ2n) is 4.84. The van der Waals surface area contributed by atoms with Crippen LogP contribution in [0.25, 0.3) is 0 Å². The molecule has 2 spiro atoms. The van der Waals surface area contributed by atoms with E-state index in [1.165, 1.54) is 25.7 Å². The van der Waals surface area contributed by atoms with Gasteiger partial charge in [-0.15, -0.1) is 0 Å². The lowest BCUT2D eigenvalue weighted by Gasteiger charge is -2.32. The van der Waals surface area contributed by atoms with E-state index in [1.54, 1.807) is 0 Å². The Labute approximate surface area is 79.4 Å². The fourth-order valence-electron chi connectivity index (χ4n) is 2.82. The van der Waals surface area contributed by atoms with E-state index in [-0.39, 0.29) is 11.3 Å². The van der Waals surface area contributed by atoms with Gasteiger partial charge in [0.05, 0.1) is 5.60 Å². The lowest BCUT2D eigenvalue weighted by atomic mass is 9.93. The van der Waals surface area contributed by atoms with E-state index in [1.807, 2.05) is 0 Å². The van der Waals surface area contributed by atoms with Gasteiger partial charge in [0.1, 0.15) is 5.72 Å². The molecule has 0 aromatic carbocycles. The van der Waals surface area contributed by atoms with Crippen molar-refractivity contribution in [2.24, 2.45) is 0 Å². The summed E-state index contributed by atoms with van der Waals surface area (Å²) < 4.78 is 6.29. The number of likely N-dealkylation sites (N-methyl/N-ethyl adjacent to an activating group) is 1. The molecular formula is C10H18N2O. The van der Waals surface area contributed by atoms with Crippen LogP contribution in [0.5, 0.6) is 0 Å². The van der Waals surface area contributed by atoms with E-state index in [4.69, 9.17) is 4.74 Å². The third kappa shape index (κ3) is 1.14. The first-order valence-corrected chi connectivity index (χ1v) is 5.37. The zero-order chi connectivity index (χ0) is 8.94. The number of rotatable bonds is 0. The predicted molar refractivity (Wildman–Crippen MR) is 50.5 cm³/mol. The van der Waals surface area contributed by atoms with Crippen molar-refractivity contribution in [2.45, 2.75) is 37.0 Å². The Bertz CT molecular complexity index is 219. The van der Waals surface area contributed by atoms with Crippen LogP contribution < -0.4 is 5.32 Å². The van der Waals surface area contributed by atoms with Crippen molar-refractivity contribution in [3.8, 4) is 0 Å². The smallest absolute Gasteiger partial charge is 0.122 e. The van der Waals surface area contributed by atoms with E-state index < -0.39 is 0 Å². The molecule has 2 aliphatic heterocycles. The van der Waals surface area contributed by atoms with Gasteiger partial charge in [0.15, 0.2) is 0 Å². The third-order valence-electron chi connectivity index (χ3n) is 3.82. The number of piperidine rings is 1. The van der Waals surface area contributed by atoms with Gasteiger partial charge in [-0.05, 0) is 45.8 Å². The molecule has 3 fully saturated rings. The van der Waals surface area contributed by atoms with Crippen molar-refractivity contribution in [1.82, 2.24) is 10.2 Å². The number of nitrogens with zero attached hydrogens (tertiary/aromatic N) is 1. The zero-order valence-corrected chi connectivity index (χ0v) is 8.31. The topological polar surface area (TPSA) is 24.5 Å². The first-order chi connectivity index (χ1) is 6.25. The molecule has 0 amide bonds. The molecule has 0 radical (unpaired) electrons. The molecule has 2 saturated heterocycles. The van der Waals surface area contributed by atoms with Gasteiger partial charge in [0, 0.05) is 6.54 Å². The SMILES string of the molecule is CN1CC2(CCNCC2)OC12CC2. The highest BCUT2D eigenvalue weighted by Gasteiger charge is 2.59. The Kier molecular flexibility index (Phi) is 1.56. The molecule has 3 heteroatoms. The van der Waals surface area contributed by atoms with Gasteiger partial charge in [-0.25, -0.2) is 0 Å². The lowest BCUT2D eigenvalue weighted by Crippen LogP contribution is -2.44. The van der Waals surface area contributed by atoms with Crippen LogP contribution >= 0.6 is 0 Å². The molecule has 1 saturated carbocycles. The van der Waals surface area contributed by atoms with Crippen molar-refractivity contribution in [3.63, 3.8) is 0 Å². The monoisotopic (exact) mass is 182 g/mol. The summed E-state index contributed by atoms with van der Waals surface area (Å²) in [6.07, 6.45) is 4.88. The van der Waals surface area contributed by atoms with Crippen LogP contribution in [-0.2, 0) is 4.74 Å². The Hall–Kier alpha value is -0.120. The maximum atomic E-state index is 6.29. The maximum Gasteiger partial charge on any atom is 0.122 e. The average molecular weight is 182 g/mol. The number of nitrogens with one attached hydrogen (secondary N) is 1. The minimum absolute atomic E-state index is 0.178. The highest BCUT2D eigenvalue weighted by atomic mass is 16.6. The van der Waals surface area contributed by atoms with Gasteiger partial charge in [-0.2, -0.15) is 0 Å². The molecule has 0 bridgehead atoms.